The highest BCUT2D eigenvalue weighted by atomic mass is 32.1. The minimum atomic E-state index is -0.890. The highest BCUT2D eigenvalue weighted by molar-refractivity contribution is 7.13. The summed E-state index contributed by atoms with van der Waals surface area (Å²) in [6, 6.07) is 21.0. The molecule has 15 nitrogen and oxygen atoms in total. The fraction of sp³-hybridized carbons (Fsp3) is 0.492. The lowest BCUT2D eigenvalue weighted by atomic mass is 9.85. The van der Waals surface area contributed by atoms with Gasteiger partial charge >= 0.3 is 0 Å². The van der Waals surface area contributed by atoms with E-state index in [0.29, 0.717) is 56.4 Å². The number of benzene rings is 3. The molecule has 16 heteroatoms. The van der Waals surface area contributed by atoms with Gasteiger partial charge in [0.1, 0.15) is 12.1 Å². The Morgan fingerprint density at radius 1 is 0.893 bits per heavy atom. The SMILES string of the molecule is CCN(c1cc(-c2ccc(CCCOCCCCC(=O)N[C@H](C(=O)N3C[C@H](O)C[C@H]3C(=O)NCc3ccc(-c4scnc4C)cc3)C(C)(C)C)cc2)cc(C(=O)NCc2c(C)cc(C)[nH]c2=O)c1C)C1CCOCC1. The molecule has 2 aliphatic heterocycles. The first-order valence-corrected chi connectivity index (χ1v) is 27.5. The molecule has 7 rings (SSSR count). The molecule has 2 aromatic heterocycles. The molecule has 0 aliphatic carbocycles. The molecule has 5 N–H and O–H groups in total. The van der Waals surface area contributed by atoms with Gasteiger partial charge in [-0.25, -0.2) is 4.98 Å². The quantitative estimate of drug-likeness (QED) is 0.0421. The zero-order chi connectivity index (χ0) is 53.8. The van der Waals surface area contributed by atoms with E-state index in [4.69, 9.17) is 9.47 Å². The average Bonchev–Trinajstić information content (AvgIpc) is 4.01. The number of H-pyrrole nitrogens is 1. The molecule has 0 radical (unpaired) electrons. The minimum absolute atomic E-state index is 0.0125. The number of aromatic nitrogens is 2. The summed E-state index contributed by atoms with van der Waals surface area (Å²) >= 11 is 1.58. The van der Waals surface area contributed by atoms with Gasteiger partial charge in [0.15, 0.2) is 0 Å². The minimum Gasteiger partial charge on any atom is -0.391 e. The van der Waals surface area contributed by atoms with Crippen LogP contribution in [0.2, 0.25) is 0 Å². The van der Waals surface area contributed by atoms with E-state index in [1.54, 1.807) is 11.3 Å². The molecular weight excluding hydrogens is 967 g/mol. The summed E-state index contributed by atoms with van der Waals surface area (Å²) in [5.74, 6) is -1.21. The van der Waals surface area contributed by atoms with Crippen molar-refractivity contribution in [2.75, 3.05) is 44.4 Å². The van der Waals surface area contributed by atoms with Crippen LogP contribution < -0.4 is 26.4 Å². The number of pyridine rings is 1. The van der Waals surface area contributed by atoms with Gasteiger partial charge in [-0.1, -0.05) is 69.3 Å². The molecule has 0 spiro atoms. The van der Waals surface area contributed by atoms with Crippen LogP contribution >= 0.6 is 11.3 Å². The molecule has 75 heavy (non-hydrogen) atoms. The van der Waals surface area contributed by atoms with E-state index in [1.165, 1.54) is 10.5 Å². The van der Waals surface area contributed by atoms with Crippen LogP contribution in [0.25, 0.3) is 21.6 Å². The molecular formula is C59H77N7O8S. The highest BCUT2D eigenvalue weighted by Gasteiger charge is 2.44. The van der Waals surface area contributed by atoms with Crippen LogP contribution in [0.4, 0.5) is 5.69 Å². The van der Waals surface area contributed by atoms with Gasteiger partial charge in [-0.2, -0.15) is 0 Å². The molecule has 2 fully saturated rings. The van der Waals surface area contributed by atoms with Gasteiger partial charge in [0.25, 0.3) is 11.5 Å². The molecule has 4 amide bonds. The number of rotatable bonds is 22. The van der Waals surface area contributed by atoms with E-state index in [9.17, 15) is 29.1 Å². The number of likely N-dealkylation sites (tertiary alicyclic amines) is 1. The molecule has 3 aromatic carbocycles. The number of hydrogen-bond acceptors (Lipinski definition) is 11. The number of ether oxygens (including phenoxy) is 2. The molecule has 402 valence electrons. The first kappa shape index (κ1) is 56.5. The van der Waals surface area contributed by atoms with Crippen LogP contribution in [-0.2, 0) is 43.4 Å². The first-order valence-electron chi connectivity index (χ1n) is 26.6. The van der Waals surface area contributed by atoms with Gasteiger partial charge in [0, 0.05) is 94.0 Å². The van der Waals surface area contributed by atoms with E-state index in [1.807, 2.05) is 90.4 Å². The number of aliphatic hydroxyl groups excluding tert-OH is 1. The largest absolute Gasteiger partial charge is 0.391 e. The molecule has 0 saturated carbocycles. The van der Waals surface area contributed by atoms with Crippen molar-refractivity contribution in [2.45, 2.75) is 144 Å². The number of amides is 4. The molecule has 3 atom stereocenters. The van der Waals surface area contributed by atoms with Crippen molar-refractivity contribution in [1.82, 2.24) is 30.8 Å². The van der Waals surface area contributed by atoms with Crippen molar-refractivity contribution < 1.29 is 33.8 Å². The van der Waals surface area contributed by atoms with Gasteiger partial charge in [-0.15, -0.1) is 11.3 Å². The smallest absolute Gasteiger partial charge is 0.253 e. The predicted octanol–water partition coefficient (Wildman–Crippen LogP) is 8.26. The fourth-order valence-electron chi connectivity index (χ4n) is 10.2. The second kappa shape index (κ2) is 26.0. The third-order valence-corrected chi connectivity index (χ3v) is 15.5. The molecule has 2 saturated heterocycles. The summed E-state index contributed by atoms with van der Waals surface area (Å²) in [5, 5.41) is 19.6. The first-order chi connectivity index (χ1) is 35.9. The van der Waals surface area contributed by atoms with E-state index < -0.39 is 23.6 Å². The van der Waals surface area contributed by atoms with Crippen LogP contribution in [0.5, 0.6) is 0 Å². The standard InChI is InChI=1S/C59H77N7O8S/c1-9-65(46-23-27-74-28-24-46)50-31-45(30-48(39(50)4)55(69)61-34-49-37(2)29-38(3)63-56(49)70)43-19-15-41(16-20-43)13-12-26-73-25-11-10-14-52(68)64-54(59(6,7)8)58(72)66-35-47(67)32-51(66)57(71)60-33-42-17-21-44(22-18-42)53-40(5)62-36-75-53/h15-22,29-31,36,46-47,51,54,67H,9-14,23-28,32-35H2,1-8H3,(H,60,71)(H,61,69)(H,63,70)(H,64,68)/t47-,51+,54-/m1/s1. The normalized spacial score (nSPS) is 16.4. The zero-order valence-electron chi connectivity index (χ0n) is 45.1. The third kappa shape index (κ3) is 14.8. The maximum atomic E-state index is 14.1. The van der Waals surface area contributed by atoms with Crippen LogP contribution in [-0.4, -0.2) is 107 Å². The number of anilines is 1. The van der Waals surface area contributed by atoms with E-state index in [0.717, 1.165) is 87.6 Å². The molecule has 2 aliphatic rings. The van der Waals surface area contributed by atoms with Gasteiger partial charge in [0.2, 0.25) is 17.7 Å². The maximum Gasteiger partial charge on any atom is 0.253 e. The number of nitrogens with zero attached hydrogens (tertiary/aromatic N) is 3. The lowest BCUT2D eigenvalue weighted by Crippen LogP contribution is -2.57. The highest BCUT2D eigenvalue weighted by Crippen LogP contribution is 2.35. The summed E-state index contributed by atoms with van der Waals surface area (Å²) in [5.41, 5.74) is 11.7. The van der Waals surface area contributed by atoms with E-state index in [2.05, 4.69) is 68.1 Å². The average molecular weight is 1040 g/mol. The summed E-state index contributed by atoms with van der Waals surface area (Å²) in [6.07, 6.45) is 4.21. The van der Waals surface area contributed by atoms with Crippen LogP contribution in [0, 0.1) is 33.1 Å². The van der Waals surface area contributed by atoms with Crippen molar-refractivity contribution in [3.8, 4) is 21.6 Å². The number of aromatic amines is 1. The molecule has 5 aromatic rings. The monoisotopic (exact) mass is 1040 g/mol. The van der Waals surface area contributed by atoms with Crippen molar-refractivity contribution in [3.63, 3.8) is 0 Å². The number of aryl methyl sites for hydroxylation is 4. The summed E-state index contributed by atoms with van der Waals surface area (Å²) in [6.45, 7) is 19.2. The van der Waals surface area contributed by atoms with E-state index in [-0.39, 0.29) is 61.7 Å². The van der Waals surface area contributed by atoms with Gasteiger partial charge < -0.3 is 45.3 Å². The van der Waals surface area contributed by atoms with Crippen LogP contribution in [0.1, 0.15) is 122 Å². The lowest BCUT2D eigenvalue weighted by molar-refractivity contribution is -0.144. The Kier molecular flexibility index (Phi) is 19.6. The Morgan fingerprint density at radius 3 is 2.25 bits per heavy atom. The summed E-state index contributed by atoms with van der Waals surface area (Å²) < 4.78 is 11.7. The lowest BCUT2D eigenvalue weighted by Gasteiger charge is -2.37. The number of thiazole rings is 1. The van der Waals surface area contributed by atoms with Gasteiger partial charge in [-0.3, -0.25) is 24.0 Å². The Labute approximate surface area is 446 Å². The number of carbonyl (C=O) groups excluding carboxylic acids is 4. The third-order valence-electron chi connectivity index (χ3n) is 14.5. The van der Waals surface area contributed by atoms with Crippen molar-refractivity contribution in [2.24, 2.45) is 5.41 Å². The number of aliphatic hydroxyl groups is 1. The Balaban J connectivity index is 0.868. The Hall–Kier alpha value is -6.20. The predicted molar refractivity (Wildman–Crippen MR) is 296 cm³/mol. The number of hydrogen-bond donors (Lipinski definition) is 5. The van der Waals surface area contributed by atoms with E-state index >= 15 is 0 Å². The fourth-order valence-corrected chi connectivity index (χ4v) is 11.0. The molecule has 4 heterocycles. The van der Waals surface area contributed by atoms with Crippen LogP contribution in [0.3, 0.4) is 0 Å². The topological polar surface area (TPSA) is 195 Å². The summed E-state index contributed by atoms with van der Waals surface area (Å²) in [4.78, 5) is 79.7. The number of carbonyl (C=O) groups is 4. The second-order valence-corrected chi connectivity index (χ2v) is 22.1. The Bertz CT molecular complexity index is 2810. The summed E-state index contributed by atoms with van der Waals surface area (Å²) in [7, 11) is 0. The number of unbranched alkanes of at least 4 members (excludes halogenated alkanes) is 1. The van der Waals surface area contributed by atoms with Crippen LogP contribution in [0.15, 0.2) is 77.0 Å². The van der Waals surface area contributed by atoms with Gasteiger partial charge in [-0.05, 0) is 136 Å². The number of β-amino-alcohol motifs (C(OH)–C–C–N with tert-alkyl or cyclic N) is 1. The number of nitrogens with one attached hydrogen (secondary N) is 4. The van der Waals surface area contributed by atoms with Crippen molar-refractivity contribution >= 4 is 40.7 Å². The second-order valence-electron chi connectivity index (χ2n) is 21.2. The maximum absolute atomic E-state index is 14.1. The van der Waals surface area contributed by atoms with Crippen molar-refractivity contribution in [3.05, 3.63) is 127 Å². The molecule has 0 unspecified atom stereocenters. The Morgan fingerprint density at radius 2 is 1.59 bits per heavy atom. The van der Waals surface area contributed by atoms with Gasteiger partial charge in [0.05, 0.1) is 22.2 Å². The van der Waals surface area contributed by atoms with Crippen molar-refractivity contribution in [1.29, 1.82) is 0 Å². The zero-order valence-corrected chi connectivity index (χ0v) is 45.9. The molecule has 0 bridgehead atoms.